The summed E-state index contributed by atoms with van der Waals surface area (Å²) in [7, 11) is 0. The van der Waals surface area contributed by atoms with Gasteiger partial charge in [0.1, 0.15) is 0 Å². The Hall–Kier alpha value is -0.320. The monoisotopic (exact) mass is 261 g/mol. The number of carbonyl (C=O) groups excluding carboxylic acids is 1. The molecular weight excluding hydrogens is 238 g/mol. The van der Waals surface area contributed by atoms with E-state index < -0.39 is 0 Å². The Bertz CT molecular complexity index is 226. The topological polar surface area (TPSA) is 44.4 Å². The van der Waals surface area contributed by atoms with Crippen molar-refractivity contribution in [1.82, 2.24) is 15.5 Å². The first-order chi connectivity index (χ1) is 7.86. The predicted octanol–water partition coefficient (Wildman–Crippen LogP) is 0.620. The maximum Gasteiger partial charge on any atom is 0.223 e. The minimum Gasteiger partial charge on any atom is -0.355 e. The fourth-order valence-electron chi connectivity index (χ4n) is 2.60. The van der Waals surface area contributed by atoms with E-state index in [2.05, 4.69) is 15.5 Å². The van der Waals surface area contributed by atoms with Crippen LogP contribution in [-0.2, 0) is 4.79 Å². The lowest BCUT2D eigenvalue weighted by Gasteiger charge is -2.27. The van der Waals surface area contributed by atoms with Gasteiger partial charge in [0, 0.05) is 45.2 Å². The number of amides is 1. The zero-order valence-electron chi connectivity index (χ0n) is 10.4. The second-order valence-electron chi connectivity index (χ2n) is 4.86. The van der Waals surface area contributed by atoms with Gasteiger partial charge in [-0.05, 0) is 12.8 Å². The van der Waals surface area contributed by atoms with Gasteiger partial charge in [0.15, 0.2) is 0 Å². The minimum absolute atomic E-state index is 0. The molecule has 2 rings (SSSR count). The summed E-state index contributed by atoms with van der Waals surface area (Å²) < 4.78 is 0. The highest BCUT2D eigenvalue weighted by Crippen LogP contribution is 2.24. The van der Waals surface area contributed by atoms with Crippen molar-refractivity contribution in [3.05, 3.63) is 0 Å². The second kappa shape index (κ2) is 7.90. The van der Waals surface area contributed by atoms with Gasteiger partial charge in [0.25, 0.3) is 0 Å². The fourth-order valence-corrected chi connectivity index (χ4v) is 2.60. The molecule has 1 saturated heterocycles. The molecule has 0 atom stereocenters. The molecule has 0 spiro atoms. The highest BCUT2D eigenvalue weighted by atomic mass is 35.5. The molecule has 17 heavy (non-hydrogen) atoms. The summed E-state index contributed by atoms with van der Waals surface area (Å²) >= 11 is 0. The lowest BCUT2D eigenvalue weighted by atomic mass is 10.1. The summed E-state index contributed by atoms with van der Waals surface area (Å²) in [6.07, 6.45) is 4.66. The van der Waals surface area contributed by atoms with E-state index >= 15 is 0 Å². The molecule has 1 aliphatic heterocycles. The molecule has 5 heteroatoms. The molecule has 0 unspecified atom stereocenters. The van der Waals surface area contributed by atoms with Gasteiger partial charge in [0.05, 0.1) is 0 Å². The largest absolute Gasteiger partial charge is 0.355 e. The lowest BCUT2D eigenvalue weighted by Crippen LogP contribution is -2.46. The fraction of sp³-hybridized carbons (Fsp3) is 0.917. The summed E-state index contributed by atoms with van der Waals surface area (Å²) in [4.78, 5) is 14.2. The third-order valence-electron chi connectivity index (χ3n) is 3.66. The van der Waals surface area contributed by atoms with Crippen molar-refractivity contribution >= 4 is 18.3 Å². The molecule has 0 aromatic heterocycles. The average Bonchev–Trinajstić information content (AvgIpc) is 2.84. The Morgan fingerprint density at radius 3 is 2.53 bits per heavy atom. The summed E-state index contributed by atoms with van der Waals surface area (Å²) in [5.41, 5.74) is 0. The number of rotatable bonds is 4. The molecule has 0 radical (unpaired) electrons. The first kappa shape index (κ1) is 14.7. The van der Waals surface area contributed by atoms with E-state index in [-0.39, 0.29) is 18.3 Å². The normalized spacial score (nSPS) is 22.1. The van der Waals surface area contributed by atoms with Crippen LogP contribution in [0.3, 0.4) is 0 Å². The number of nitrogens with one attached hydrogen (secondary N) is 2. The van der Waals surface area contributed by atoms with Crippen LogP contribution in [-0.4, -0.2) is 50.1 Å². The Labute approximate surface area is 110 Å². The molecule has 1 saturated carbocycles. The van der Waals surface area contributed by atoms with Gasteiger partial charge in [-0.3, -0.25) is 9.69 Å². The minimum atomic E-state index is 0. The van der Waals surface area contributed by atoms with Crippen molar-refractivity contribution in [2.45, 2.75) is 25.7 Å². The molecule has 2 aliphatic rings. The molecule has 2 N–H and O–H groups in total. The molecule has 0 bridgehead atoms. The summed E-state index contributed by atoms with van der Waals surface area (Å²) in [5.74, 6) is 0.593. The number of halogens is 1. The first-order valence-corrected chi connectivity index (χ1v) is 6.57. The van der Waals surface area contributed by atoms with Crippen LogP contribution in [0.2, 0.25) is 0 Å². The number of nitrogens with zero attached hydrogens (tertiary/aromatic N) is 1. The quantitative estimate of drug-likeness (QED) is 0.780. The zero-order valence-corrected chi connectivity index (χ0v) is 11.2. The van der Waals surface area contributed by atoms with Crippen LogP contribution in [0.1, 0.15) is 25.7 Å². The van der Waals surface area contributed by atoms with Crippen LogP contribution in [0, 0.1) is 5.92 Å². The van der Waals surface area contributed by atoms with Crippen LogP contribution in [0.25, 0.3) is 0 Å². The summed E-state index contributed by atoms with van der Waals surface area (Å²) in [6, 6.07) is 0. The third kappa shape index (κ3) is 4.82. The number of piperazine rings is 1. The zero-order chi connectivity index (χ0) is 11.2. The first-order valence-electron chi connectivity index (χ1n) is 6.57. The van der Waals surface area contributed by atoms with E-state index in [1.165, 1.54) is 12.8 Å². The molecule has 2 fully saturated rings. The summed E-state index contributed by atoms with van der Waals surface area (Å²) in [6.45, 7) is 6.20. The highest BCUT2D eigenvalue weighted by Gasteiger charge is 2.22. The van der Waals surface area contributed by atoms with Crippen LogP contribution in [0.15, 0.2) is 0 Å². The van der Waals surface area contributed by atoms with Crippen molar-refractivity contribution in [1.29, 1.82) is 0 Å². The molecule has 1 aliphatic carbocycles. The van der Waals surface area contributed by atoms with E-state index in [9.17, 15) is 4.79 Å². The van der Waals surface area contributed by atoms with Gasteiger partial charge in [0.2, 0.25) is 5.91 Å². The Morgan fingerprint density at radius 1 is 1.24 bits per heavy atom. The maximum atomic E-state index is 11.7. The van der Waals surface area contributed by atoms with Crippen molar-refractivity contribution < 1.29 is 4.79 Å². The van der Waals surface area contributed by atoms with Crippen LogP contribution >= 0.6 is 12.4 Å². The number of carbonyl (C=O) groups is 1. The van der Waals surface area contributed by atoms with Crippen molar-refractivity contribution in [3.63, 3.8) is 0 Å². The van der Waals surface area contributed by atoms with Crippen molar-refractivity contribution in [3.8, 4) is 0 Å². The van der Waals surface area contributed by atoms with Gasteiger partial charge < -0.3 is 10.6 Å². The van der Waals surface area contributed by atoms with Crippen LogP contribution in [0.4, 0.5) is 0 Å². The molecule has 4 nitrogen and oxygen atoms in total. The highest BCUT2D eigenvalue weighted by molar-refractivity contribution is 5.85. The molecule has 0 aromatic rings. The third-order valence-corrected chi connectivity index (χ3v) is 3.66. The molecule has 1 amide bonds. The number of hydrogen-bond acceptors (Lipinski definition) is 3. The van der Waals surface area contributed by atoms with Gasteiger partial charge in [-0.15, -0.1) is 12.4 Å². The van der Waals surface area contributed by atoms with E-state index in [0.717, 1.165) is 52.1 Å². The van der Waals surface area contributed by atoms with Gasteiger partial charge >= 0.3 is 0 Å². The Kier molecular flexibility index (Phi) is 6.85. The van der Waals surface area contributed by atoms with E-state index in [1.54, 1.807) is 0 Å². The maximum absolute atomic E-state index is 11.7. The SMILES string of the molecule is Cl.O=C(NCCN1CCNCC1)C1CCCC1. The van der Waals surface area contributed by atoms with Crippen LogP contribution < -0.4 is 10.6 Å². The van der Waals surface area contributed by atoms with Crippen LogP contribution in [0.5, 0.6) is 0 Å². The molecule has 1 heterocycles. The second-order valence-corrected chi connectivity index (χ2v) is 4.86. The number of hydrogen-bond donors (Lipinski definition) is 2. The van der Waals surface area contributed by atoms with E-state index in [0.29, 0.717) is 5.92 Å². The van der Waals surface area contributed by atoms with Gasteiger partial charge in [-0.2, -0.15) is 0 Å². The Balaban J connectivity index is 0.00000144. The van der Waals surface area contributed by atoms with E-state index in [1.807, 2.05) is 0 Å². The smallest absolute Gasteiger partial charge is 0.223 e. The lowest BCUT2D eigenvalue weighted by molar-refractivity contribution is -0.124. The van der Waals surface area contributed by atoms with Crippen molar-refractivity contribution in [2.75, 3.05) is 39.3 Å². The molecule has 0 aromatic carbocycles. The summed E-state index contributed by atoms with van der Waals surface area (Å²) in [5, 5.41) is 6.40. The van der Waals surface area contributed by atoms with Gasteiger partial charge in [-0.1, -0.05) is 12.8 Å². The predicted molar refractivity (Wildman–Crippen MR) is 71.5 cm³/mol. The molecule has 100 valence electrons. The van der Waals surface area contributed by atoms with Crippen molar-refractivity contribution in [2.24, 2.45) is 5.92 Å². The van der Waals surface area contributed by atoms with Gasteiger partial charge in [-0.25, -0.2) is 0 Å². The molecular formula is C12H24ClN3O. The standard InChI is InChI=1S/C12H23N3O.ClH/c16-12(11-3-1-2-4-11)14-7-10-15-8-5-13-6-9-15;/h11,13H,1-10H2,(H,14,16);1H. The van der Waals surface area contributed by atoms with E-state index in [4.69, 9.17) is 0 Å². The average molecular weight is 262 g/mol. The Morgan fingerprint density at radius 2 is 1.88 bits per heavy atom.